The highest BCUT2D eigenvalue weighted by Crippen LogP contribution is 2.42. The van der Waals surface area contributed by atoms with Crippen LogP contribution in [0.1, 0.15) is 27.9 Å². The molecule has 0 spiro atoms. The Balaban J connectivity index is 1.26. The van der Waals surface area contributed by atoms with Crippen LogP contribution in [0.4, 0.5) is 4.39 Å². The molecule has 0 saturated carbocycles. The summed E-state index contributed by atoms with van der Waals surface area (Å²) in [6, 6.07) is 6.45. The van der Waals surface area contributed by atoms with Crippen molar-refractivity contribution in [2.75, 3.05) is 6.54 Å². The molecule has 31 heavy (non-hydrogen) atoms. The third-order valence-corrected chi connectivity index (χ3v) is 7.08. The number of halogens is 1. The third kappa shape index (κ3) is 3.98. The number of ether oxygens (including phenoxy) is 1. The van der Waals surface area contributed by atoms with Gasteiger partial charge in [0.2, 0.25) is 5.91 Å². The minimum atomic E-state index is -0.348. The van der Waals surface area contributed by atoms with E-state index in [1.807, 2.05) is 28.2 Å². The highest BCUT2D eigenvalue weighted by molar-refractivity contribution is 7.17. The first-order valence-corrected chi connectivity index (χ1v) is 11.4. The van der Waals surface area contributed by atoms with Crippen LogP contribution in [0.3, 0.4) is 0 Å². The number of Topliss-reactive ketones (excluding diaryl/α,β-unsaturated/α-hetero) is 1. The molecular weight excluding hydrogens is 437 g/mol. The fourth-order valence-electron chi connectivity index (χ4n) is 3.68. The second kappa shape index (κ2) is 7.90. The van der Waals surface area contributed by atoms with Crippen LogP contribution in [0, 0.1) is 5.82 Å². The molecule has 1 aliphatic rings. The smallest absolute Gasteiger partial charge is 0.226 e. The lowest BCUT2D eigenvalue weighted by atomic mass is 10.0. The van der Waals surface area contributed by atoms with E-state index in [1.54, 1.807) is 6.07 Å². The Morgan fingerprint density at radius 2 is 2.23 bits per heavy atom. The van der Waals surface area contributed by atoms with Gasteiger partial charge in [-0.1, -0.05) is 0 Å². The average molecular weight is 456 g/mol. The van der Waals surface area contributed by atoms with E-state index in [9.17, 15) is 14.0 Å². The summed E-state index contributed by atoms with van der Waals surface area (Å²) >= 11 is 2.84. The number of aromatic nitrogens is 2. The number of fused-ring (bicyclic) bond motifs is 2. The van der Waals surface area contributed by atoms with Crippen molar-refractivity contribution in [1.29, 1.82) is 0 Å². The van der Waals surface area contributed by atoms with Gasteiger partial charge in [0.1, 0.15) is 17.7 Å². The Morgan fingerprint density at radius 1 is 1.35 bits per heavy atom. The number of hydrogen-bond acceptors (Lipinski definition) is 6. The molecule has 9 heteroatoms. The zero-order valence-corrected chi connectivity index (χ0v) is 18.2. The Bertz CT molecular complexity index is 1280. The van der Waals surface area contributed by atoms with Gasteiger partial charge < -0.3 is 10.1 Å². The number of carbonyl (C=O) groups is 2. The van der Waals surface area contributed by atoms with Crippen molar-refractivity contribution in [2.45, 2.75) is 25.9 Å². The van der Waals surface area contributed by atoms with Gasteiger partial charge in [0, 0.05) is 40.2 Å². The van der Waals surface area contributed by atoms with E-state index in [2.05, 4.69) is 10.3 Å². The summed E-state index contributed by atoms with van der Waals surface area (Å²) in [6.45, 7) is 1.83. The first-order valence-electron chi connectivity index (χ1n) is 9.74. The van der Waals surface area contributed by atoms with Crippen LogP contribution >= 0.6 is 22.7 Å². The fraction of sp³-hybridized carbons (Fsp3) is 0.227. The normalized spacial score (nSPS) is 15.1. The van der Waals surface area contributed by atoms with Crippen molar-refractivity contribution >= 4 is 39.3 Å². The molecule has 5 rings (SSSR count). The maximum atomic E-state index is 14.2. The number of carbonyl (C=O) groups excluding carboxylic acids is 2. The van der Waals surface area contributed by atoms with Crippen molar-refractivity contribution < 1.29 is 18.7 Å². The van der Waals surface area contributed by atoms with E-state index in [4.69, 9.17) is 4.74 Å². The molecule has 0 saturated heterocycles. The number of amides is 1. The van der Waals surface area contributed by atoms with Gasteiger partial charge in [-0.25, -0.2) is 9.37 Å². The average Bonchev–Trinajstić information content (AvgIpc) is 3.48. The van der Waals surface area contributed by atoms with Crippen LogP contribution in [0.15, 0.2) is 42.0 Å². The molecule has 1 aromatic carbocycles. The lowest BCUT2D eigenvalue weighted by Gasteiger charge is -2.13. The van der Waals surface area contributed by atoms with E-state index in [0.717, 1.165) is 15.4 Å². The third-order valence-electron chi connectivity index (χ3n) is 5.09. The highest BCUT2D eigenvalue weighted by atomic mass is 32.1. The summed E-state index contributed by atoms with van der Waals surface area (Å²) in [5, 5.41) is 4.83. The molecule has 1 atom stereocenters. The van der Waals surface area contributed by atoms with Gasteiger partial charge in [-0.2, -0.15) is 0 Å². The number of nitrogens with one attached hydrogen (secondary N) is 1. The van der Waals surface area contributed by atoms with Gasteiger partial charge >= 0.3 is 0 Å². The SMILES string of the molecule is CC(=O)c1ccc(-c2cc(F)cc3c2OC(CNC(=O)Cc2cn4ccsc4n2)C3)s1. The molecule has 4 aromatic rings. The molecule has 1 amide bonds. The van der Waals surface area contributed by atoms with Crippen molar-refractivity contribution in [3.63, 3.8) is 0 Å². The summed E-state index contributed by atoms with van der Waals surface area (Å²) in [4.78, 5) is 30.6. The predicted molar refractivity (Wildman–Crippen MR) is 118 cm³/mol. The fourth-order valence-corrected chi connectivity index (χ4v) is 5.31. The van der Waals surface area contributed by atoms with Crippen LogP contribution in [0.2, 0.25) is 0 Å². The lowest BCUT2D eigenvalue weighted by molar-refractivity contribution is -0.120. The molecule has 0 bridgehead atoms. The Kier molecular flexibility index (Phi) is 5.07. The van der Waals surface area contributed by atoms with Gasteiger partial charge in [0.05, 0.1) is 23.5 Å². The molecule has 0 radical (unpaired) electrons. The van der Waals surface area contributed by atoms with Crippen LogP contribution in [0.25, 0.3) is 15.4 Å². The van der Waals surface area contributed by atoms with Crippen LogP contribution in [0.5, 0.6) is 5.75 Å². The van der Waals surface area contributed by atoms with E-state index >= 15 is 0 Å². The predicted octanol–water partition coefficient (Wildman–Crippen LogP) is 4.13. The Morgan fingerprint density at radius 3 is 3.00 bits per heavy atom. The quantitative estimate of drug-likeness (QED) is 0.444. The maximum Gasteiger partial charge on any atom is 0.226 e. The monoisotopic (exact) mass is 455 g/mol. The molecule has 6 nitrogen and oxygen atoms in total. The minimum absolute atomic E-state index is 0.0247. The van der Waals surface area contributed by atoms with Crippen LogP contribution < -0.4 is 10.1 Å². The van der Waals surface area contributed by atoms with Crippen molar-refractivity contribution in [3.05, 3.63) is 64.0 Å². The van der Waals surface area contributed by atoms with Gasteiger partial charge in [-0.3, -0.25) is 14.0 Å². The molecule has 1 N–H and O–H groups in total. The summed E-state index contributed by atoms with van der Waals surface area (Å²) in [5.41, 5.74) is 2.11. The number of thiazole rings is 1. The van der Waals surface area contributed by atoms with Crippen LogP contribution in [-0.2, 0) is 17.6 Å². The Labute approximate surface area is 185 Å². The molecular formula is C22H18FN3O3S2. The lowest BCUT2D eigenvalue weighted by Crippen LogP contribution is -2.35. The molecule has 0 fully saturated rings. The van der Waals surface area contributed by atoms with E-state index in [1.165, 1.54) is 41.7 Å². The number of rotatable bonds is 6. The number of thiophene rings is 1. The zero-order valence-electron chi connectivity index (χ0n) is 16.6. The summed E-state index contributed by atoms with van der Waals surface area (Å²) in [5.74, 6) is 0.107. The van der Waals surface area contributed by atoms with Crippen molar-refractivity contribution in [1.82, 2.24) is 14.7 Å². The number of nitrogens with zero attached hydrogens (tertiary/aromatic N) is 2. The summed E-state index contributed by atoms with van der Waals surface area (Å²) in [7, 11) is 0. The summed E-state index contributed by atoms with van der Waals surface area (Å²) in [6.07, 6.45) is 4.17. The highest BCUT2D eigenvalue weighted by Gasteiger charge is 2.28. The number of hydrogen-bond donors (Lipinski definition) is 1. The van der Waals surface area contributed by atoms with Crippen molar-refractivity contribution in [2.24, 2.45) is 0 Å². The Hall–Kier alpha value is -3.04. The van der Waals surface area contributed by atoms with Gasteiger partial charge in [-0.15, -0.1) is 22.7 Å². The van der Waals surface area contributed by atoms with Gasteiger partial charge in [0.25, 0.3) is 0 Å². The van der Waals surface area contributed by atoms with Gasteiger partial charge in [0.15, 0.2) is 10.7 Å². The van der Waals surface area contributed by atoms with Crippen molar-refractivity contribution in [3.8, 4) is 16.2 Å². The number of ketones is 1. The summed E-state index contributed by atoms with van der Waals surface area (Å²) < 4.78 is 22.2. The molecule has 3 aromatic heterocycles. The van der Waals surface area contributed by atoms with Crippen LogP contribution in [-0.4, -0.2) is 33.7 Å². The second-order valence-electron chi connectivity index (χ2n) is 7.41. The first kappa shape index (κ1) is 19.9. The first-order chi connectivity index (χ1) is 15.0. The van der Waals surface area contributed by atoms with E-state index < -0.39 is 0 Å². The maximum absolute atomic E-state index is 14.2. The molecule has 1 unspecified atom stereocenters. The largest absolute Gasteiger partial charge is 0.487 e. The molecule has 4 heterocycles. The van der Waals surface area contributed by atoms with E-state index in [-0.39, 0.29) is 30.0 Å². The van der Waals surface area contributed by atoms with Gasteiger partial charge in [-0.05, 0) is 31.2 Å². The van der Waals surface area contributed by atoms with E-state index in [0.29, 0.717) is 34.8 Å². The second-order valence-corrected chi connectivity index (χ2v) is 9.37. The molecule has 1 aliphatic heterocycles. The standard InChI is InChI=1S/C22H18FN3O3S2/c1-12(27)18-2-3-19(31-18)17-8-14(23)6-13-7-16(29-21(13)17)10-24-20(28)9-15-11-26-4-5-30-22(26)25-15/h2-6,8,11,16H,7,9-10H2,1H3,(H,24,28). The topological polar surface area (TPSA) is 72.7 Å². The molecule has 0 aliphatic carbocycles. The number of benzene rings is 1. The number of imidazole rings is 1. The molecule has 158 valence electrons. The minimum Gasteiger partial charge on any atom is -0.487 e. The zero-order chi connectivity index (χ0) is 21.5.